The van der Waals surface area contributed by atoms with Crippen LogP contribution in [-0.2, 0) is 11.2 Å². The normalized spacial score (nSPS) is 17.9. The van der Waals surface area contributed by atoms with E-state index in [9.17, 15) is 10.2 Å². The number of azo groups is 1. The highest BCUT2D eigenvalue weighted by Crippen LogP contribution is 2.45. The van der Waals surface area contributed by atoms with Crippen molar-refractivity contribution in [1.82, 2.24) is 30.2 Å². The lowest BCUT2D eigenvalue weighted by Crippen LogP contribution is -2.14. The Balaban J connectivity index is 1.43. The molecule has 38 heavy (non-hydrogen) atoms. The van der Waals surface area contributed by atoms with Gasteiger partial charge in [-0.15, -0.1) is 20.4 Å². The molecule has 11 heteroatoms. The van der Waals surface area contributed by atoms with E-state index in [2.05, 4.69) is 35.8 Å². The number of phenols is 1. The van der Waals surface area contributed by atoms with Gasteiger partial charge in [0.05, 0.1) is 12.3 Å². The number of benzene rings is 2. The lowest BCUT2D eigenvalue weighted by atomic mass is 9.77. The standard InChI is InChI=1S/C27H32N8O3/c1-16-10-11-20(14-17(16)2)35-23(12-13-38-3)28-26(27(35)37)30-29-22-9-5-8-21(24(22)36)18-6-4-7-19(15-18)25-31-33-34-32-25/h5,8-11,14,18-19,36-37H,4,6-7,12-13,15H2,1-3H3,(H,31,32,33,34). The van der Waals surface area contributed by atoms with Crippen LogP contribution in [0.15, 0.2) is 46.6 Å². The fraction of sp³-hybridized carbons (Fsp3) is 0.407. The molecule has 5 rings (SSSR count). The van der Waals surface area contributed by atoms with Gasteiger partial charge in [-0.3, -0.25) is 4.57 Å². The number of hydrogen-bond donors (Lipinski definition) is 3. The Labute approximate surface area is 220 Å². The number of nitrogens with one attached hydrogen (secondary N) is 1. The number of aromatic amines is 1. The highest BCUT2D eigenvalue weighted by molar-refractivity contribution is 5.57. The van der Waals surface area contributed by atoms with E-state index in [0.717, 1.165) is 48.1 Å². The Morgan fingerprint density at radius 1 is 1.08 bits per heavy atom. The third kappa shape index (κ3) is 5.14. The summed E-state index contributed by atoms with van der Waals surface area (Å²) in [6.45, 7) is 4.50. The highest BCUT2D eigenvalue weighted by Gasteiger charge is 2.29. The molecule has 1 fully saturated rings. The molecular formula is C27H32N8O3. The number of methoxy groups -OCH3 is 1. The fourth-order valence-electron chi connectivity index (χ4n) is 5.12. The predicted molar refractivity (Wildman–Crippen MR) is 141 cm³/mol. The number of H-pyrrole nitrogens is 1. The smallest absolute Gasteiger partial charge is 0.245 e. The lowest BCUT2D eigenvalue weighted by molar-refractivity contribution is 0.200. The van der Waals surface area contributed by atoms with Crippen LogP contribution in [0, 0.1) is 13.8 Å². The number of para-hydroxylation sites is 1. The first-order valence-electron chi connectivity index (χ1n) is 12.8. The molecule has 1 saturated carbocycles. The SMILES string of the molecule is COCCc1nc(N=Nc2cccc(C3CCCC(c4nn[nH]n4)C3)c2O)c(O)n1-c1ccc(C)c(C)c1. The maximum Gasteiger partial charge on any atom is 0.245 e. The van der Waals surface area contributed by atoms with Gasteiger partial charge in [0.2, 0.25) is 11.7 Å². The third-order valence-electron chi connectivity index (χ3n) is 7.32. The summed E-state index contributed by atoms with van der Waals surface area (Å²) in [7, 11) is 1.62. The Bertz CT molecular complexity index is 1430. The van der Waals surface area contributed by atoms with Gasteiger partial charge in [0, 0.05) is 19.4 Å². The van der Waals surface area contributed by atoms with Gasteiger partial charge in [0.1, 0.15) is 17.3 Å². The molecule has 2 aromatic carbocycles. The highest BCUT2D eigenvalue weighted by atomic mass is 16.5. The molecule has 0 saturated heterocycles. The van der Waals surface area contributed by atoms with Crippen molar-refractivity contribution in [2.75, 3.05) is 13.7 Å². The number of hydrogen-bond acceptors (Lipinski definition) is 9. The van der Waals surface area contributed by atoms with Gasteiger partial charge in [-0.25, -0.2) is 4.98 Å². The van der Waals surface area contributed by atoms with E-state index in [0.29, 0.717) is 30.4 Å². The number of imidazole rings is 1. The number of aromatic hydroxyl groups is 2. The van der Waals surface area contributed by atoms with Gasteiger partial charge in [-0.05, 0) is 73.9 Å². The van der Waals surface area contributed by atoms with Crippen LogP contribution in [0.4, 0.5) is 11.5 Å². The molecule has 2 unspecified atom stereocenters. The van der Waals surface area contributed by atoms with Crippen molar-refractivity contribution < 1.29 is 14.9 Å². The summed E-state index contributed by atoms with van der Waals surface area (Å²) in [5.74, 6) is 1.69. The second-order valence-electron chi connectivity index (χ2n) is 9.77. The number of rotatable bonds is 8. The summed E-state index contributed by atoms with van der Waals surface area (Å²) in [5.41, 5.74) is 4.18. The largest absolute Gasteiger partial charge is 0.505 e. The number of tetrazole rings is 1. The Kier molecular flexibility index (Phi) is 7.45. The number of aryl methyl sites for hydroxylation is 2. The molecule has 11 nitrogen and oxygen atoms in total. The molecule has 0 bridgehead atoms. The predicted octanol–water partition coefficient (Wildman–Crippen LogP) is 5.46. The minimum atomic E-state index is -0.117. The van der Waals surface area contributed by atoms with Crippen molar-refractivity contribution in [3.05, 3.63) is 64.7 Å². The fourth-order valence-corrected chi connectivity index (χ4v) is 5.12. The summed E-state index contributed by atoms with van der Waals surface area (Å²) in [5, 5.41) is 45.2. The summed E-state index contributed by atoms with van der Waals surface area (Å²) < 4.78 is 6.90. The van der Waals surface area contributed by atoms with E-state index in [1.165, 1.54) is 0 Å². The zero-order valence-corrected chi connectivity index (χ0v) is 21.8. The monoisotopic (exact) mass is 516 g/mol. The van der Waals surface area contributed by atoms with Crippen LogP contribution in [0.25, 0.3) is 5.69 Å². The first-order chi connectivity index (χ1) is 18.5. The maximum absolute atomic E-state index is 11.1. The van der Waals surface area contributed by atoms with Crippen LogP contribution in [0.1, 0.15) is 65.9 Å². The second-order valence-corrected chi connectivity index (χ2v) is 9.77. The van der Waals surface area contributed by atoms with Crippen molar-refractivity contribution in [1.29, 1.82) is 0 Å². The number of ether oxygens (including phenoxy) is 1. The summed E-state index contributed by atoms with van der Waals surface area (Å²) in [4.78, 5) is 4.54. The molecule has 198 valence electrons. The van der Waals surface area contributed by atoms with Crippen LogP contribution in [0.5, 0.6) is 11.6 Å². The Hall–Kier alpha value is -4.12. The van der Waals surface area contributed by atoms with E-state index in [4.69, 9.17) is 4.74 Å². The molecule has 0 aliphatic heterocycles. The van der Waals surface area contributed by atoms with Gasteiger partial charge in [0.25, 0.3) is 0 Å². The molecule has 3 N–H and O–H groups in total. The van der Waals surface area contributed by atoms with Crippen molar-refractivity contribution >= 4 is 11.5 Å². The number of nitrogens with zero attached hydrogens (tertiary/aromatic N) is 7. The van der Waals surface area contributed by atoms with Crippen molar-refractivity contribution in [2.45, 2.75) is 57.8 Å². The summed E-state index contributed by atoms with van der Waals surface area (Å²) >= 11 is 0. The molecule has 1 aliphatic carbocycles. The lowest BCUT2D eigenvalue weighted by Gasteiger charge is -2.28. The molecule has 1 aliphatic rings. The van der Waals surface area contributed by atoms with Gasteiger partial charge < -0.3 is 14.9 Å². The van der Waals surface area contributed by atoms with E-state index in [1.54, 1.807) is 17.7 Å². The van der Waals surface area contributed by atoms with E-state index >= 15 is 0 Å². The average molecular weight is 517 g/mol. The first-order valence-corrected chi connectivity index (χ1v) is 12.8. The van der Waals surface area contributed by atoms with Crippen molar-refractivity contribution in [3.8, 4) is 17.3 Å². The van der Waals surface area contributed by atoms with Gasteiger partial charge >= 0.3 is 0 Å². The molecule has 0 amide bonds. The minimum Gasteiger partial charge on any atom is -0.505 e. The summed E-state index contributed by atoms with van der Waals surface area (Å²) in [6, 6.07) is 11.4. The third-order valence-corrected chi connectivity index (χ3v) is 7.32. The number of aromatic nitrogens is 6. The van der Waals surface area contributed by atoms with Crippen LogP contribution < -0.4 is 0 Å². The minimum absolute atomic E-state index is 0.0778. The van der Waals surface area contributed by atoms with Crippen LogP contribution in [-0.4, -0.2) is 54.1 Å². The van der Waals surface area contributed by atoms with Gasteiger partial charge in [0.15, 0.2) is 5.82 Å². The molecule has 2 heterocycles. The Morgan fingerprint density at radius 3 is 2.68 bits per heavy atom. The van der Waals surface area contributed by atoms with E-state index in [-0.39, 0.29) is 29.3 Å². The maximum atomic E-state index is 11.1. The van der Waals surface area contributed by atoms with E-state index < -0.39 is 0 Å². The molecular weight excluding hydrogens is 484 g/mol. The summed E-state index contributed by atoms with van der Waals surface area (Å²) in [6.07, 6.45) is 4.24. The average Bonchev–Trinajstić information content (AvgIpc) is 3.57. The van der Waals surface area contributed by atoms with Gasteiger partial charge in [-0.2, -0.15) is 5.21 Å². The molecule has 4 aromatic rings. The van der Waals surface area contributed by atoms with Crippen LogP contribution in [0.2, 0.25) is 0 Å². The van der Waals surface area contributed by atoms with E-state index in [1.807, 2.05) is 44.2 Å². The number of phenolic OH excluding ortho intramolecular Hbond substituents is 1. The van der Waals surface area contributed by atoms with Crippen LogP contribution >= 0.6 is 0 Å². The molecule has 2 atom stereocenters. The first kappa shape index (κ1) is 25.5. The topological polar surface area (TPSA) is 147 Å². The van der Waals surface area contributed by atoms with Crippen LogP contribution in [0.3, 0.4) is 0 Å². The van der Waals surface area contributed by atoms with Crippen molar-refractivity contribution in [2.24, 2.45) is 10.2 Å². The van der Waals surface area contributed by atoms with Crippen molar-refractivity contribution in [3.63, 3.8) is 0 Å². The second kappa shape index (κ2) is 11.1. The van der Waals surface area contributed by atoms with Gasteiger partial charge in [-0.1, -0.05) is 29.8 Å². The quantitative estimate of drug-likeness (QED) is 0.264. The zero-order chi connectivity index (χ0) is 26.6. The Morgan fingerprint density at radius 2 is 1.92 bits per heavy atom. The zero-order valence-electron chi connectivity index (χ0n) is 21.8. The molecule has 2 aromatic heterocycles. The molecule has 0 radical (unpaired) electrons. The molecule has 0 spiro atoms.